The van der Waals surface area contributed by atoms with Crippen LogP contribution in [0, 0.1) is 0 Å². The summed E-state index contributed by atoms with van der Waals surface area (Å²) in [4.78, 5) is 15.4. The zero-order chi connectivity index (χ0) is 27.9. The summed E-state index contributed by atoms with van der Waals surface area (Å²) >= 11 is 13.1. The molecule has 4 nitrogen and oxygen atoms in total. The van der Waals surface area contributed by atoms with Crippen molar-refractivity contribution in [1.82, 2.24) is 14.9 Å². The lowest BCUT2D eigenvalue weighted by Crippen LogP contribution is -2.45. The van der Waals surface area contributed by atoms with Crippen molar-refractivity contribution in [3.05, 3.63) is 113 Å². The van der Waals surface area contributed by atoms with Crippen LogP contribution in [0.2, 0.25) is 10.0 Å². The molecule has 0 amide bonds. The number of piperazine rings is 1. The highest BCUT2D eigenvalue weighted by atomic mass is 35.5. The minimum atomic E-state index is 0.681. The Morgan fingerprint density at radius 3 is 1.83 bits per heavy atom. The molecule has 4 aromatic carbocycles. The van der Waals surface area contributed by atoms with E-state index in [4.69, 9.17) is 33.2 Å². The molecule has 0 aliphatic carbocycles. The van der Waals surface area contributed by atoms with Crippen molar-refractivity contribution >= 4 is 50.8 Å². The second-order valence-electron chi connectivity index (χ2n) is 10.6. The first-order valence-corrected chi connectivity index (χ1v) is 14.6. The second kappa shape index (κ2) is 10.8. The van der Waals surface area contributed by atoms with E-state index >= 15 is 0 Å². The van der Waals surface area contributed by atoms with Crippen LogP contribution in [0.4, 0.5) is 5.82 Å². The van der Waals surface area contributed by atoms with Crippen LogP contribution in [0.3, 0.4) is 0 Å². The minimum absolute atomic E-state index is 0.681. The Labute approximate surface area is 249 Å². The first kappa shape index (κ1) is 26.0. The third-order valence-electron chi connectivity index (χ3n) is 7.90. The van der Waals surface area contributed by atoms with Crippen molar-refractivity contribution in [3.8, 4) is 33.5 Å². The number of nitrogens with zero attached hydrogens (tertiary/aromatic N) is 4. The molecule has 0 saturated carbocycles. The molecular weight excluding hydrogens is 547 g/mol. The average Bonchev–Trinajstić information content (AvgIpc) is 3.01. The number of pyridine rings is 2. The highest BCUT2D eigenvalue weighted by Crippen LogP contribution is 2.45. The zero-order valence-electron chi connectivity index (χ0n) is 22.7. The molecular formula is C35H28Cl2N4. The van der Waals surface area contributed by atoms with Gasteiger partial charge in [0.2, 0.25) is 0 Å². The van der Waals surface area contributed by atoms with E-state index < -0.39 is 0 Å². The van der Waals surface area contributed by atoms with E-state index in [1.807, 2.05) is 48.5 Å². The molecule has 1 saturated heterocycles. The molecule has 2 aromatic heterocycles. The normalized spacial score (nSPS) is 14.2. The van der Waals surface area contributed by atoms with Gasteiger partial charge in [-0.3, -0.25) is 0 Å². The van der Waals surface area contributed by atoms with Gasteiger partial charge in [0, 0.05) is 52.6 Å². The van der Waals surface area contributed by atoms with Gasteiger partial charge in [0.25, 0.3) is 0 Å². The average molecular weight is 576 g/mol. The molecule has 0 radical (unpaired) electrons. The Hall–Kier alpha value is -3.96. The summed E-state index contributed by atoms with van der Waals surface area (Å²) in [5.74, 6) is 0.951. The van der Waals surface area contributed by atoms with Crippen molar-refractivity contribution in [2.24, 2.45) is 0 Å². The molecule has 1 aliphatic rings. The van der Waals surface area contributed by atoms with E-state index in [2.05, 4.69) is 71.4 Å². The molecule has 0 bridgehead atoms. The molecule has 41 heavy (non-hydrogen) atoms. The summed E-state index contributed by atoms with van der Waals surface area (Å²) in [6.07, 6.45) is 0. The minimum Gasteiger partial charge on any atom is -0.353 e. The zero-order valence-corrected chi connectivity index (χ0v) is 24.2. The van der Waals surface area contributed by atoms with Crippen LogP contribution in [0.15, 0.2) is 103 Å². The fraction of sp³-hybridized carbons (Fsp3) is 0.143. The van der Waals surface area contributed by atoms with Gasteiger partial charge in [-0.15, -0.1) is 0 Å². The first-order valence-electron chi connectivity index (χ1n) is 13.8. The largest absolute Gasteiger partial charge is 0.353 e. The number of anilines is 1. The maximum atomic E-state index is 6.61. The fourth-order valence-corrected chi connectivity index (χ4v) is 6.14. The van der Waals surface area contributed by atoms with Crippen LogP contribution in [-0.4, -0.2) is 48.1 Å². The summed E-state index contributed by atoms with van der Waals surface area (Å²) in [5, 5.41) is 3.40. The van der Waals surface area contributed by atoms with E-state index in [-0.39, 0.29) is 0 Å². The molecule has 202 valence electrons. The van der Waals surface area contributed by atoms with Gasteiger partial charge in [-0.05, 0) is 66.2 Å². The molecule has 1 fully saturated rings. The molecule has 7 rings (SSSR count). The highest BCUT2D eigenvalue weighted by molar-refractivity contribution is 6.32. The number of fused-ring (bicyclic) bond motifs is 2. The molecule has 6 heteroatoms. The third-order valence-corrected chi connectivity index (χ3v) is 8.38. The van der Waals surface area contributed by atoms with Crippen LogP contribution >= 0.6 is 23.2 Å². The third kappa shape index (κ3) is 4.93. The van der Waals surface area contributed by atoms with Gasteiger partial charge in [0.05, 0.1) is 22.3 Å². The van der Waals surface area contributed by atoms with Gasteiger partial charge in [-0.2, -0.15) is 0 Å². The van der Waals surface area contributed by atoms with Gasteiger partial charge >= 0.3 is 0 Å². The first-order chi connectivity index (χ1) is 20.0. The molecule has 0 atom stereocenters. The maximum absolute atomic E-state index is 6.61. The standard InChI is InChI=1S/C35H28Cl2N4/c1-40-16-18-41(19-17-40)35-34(33(24-10-6-3-7-11-24)29-21-26(37)13-15-31(29)39-35)32-22-27(23-8-4-2-5-9-23)28-20-25(36)12-14-30(28)38-32/h2-15,20-22H,16-19H2,1H3. The van der Waals surface area contributed by atoms with E-state index in [0.717, 1.165) is 87.3 Å². The Morgan fingerprint density at radius 1 is 0.585 bits per heavy atom. The SMILES string of the molecule is CN1CCN(c2nc3ccc(Cl)cc3c(-c3ccccc3)c2-c2cc(-c3ccccc3)c3cc(Cl)ccc3n2)CC1. The van der Waals surface area contributed by atoms with Gasteiger partial charge in [0.1, 0.15) is 5.82 Å². The van der Waals surface area contributed by atoms with Gasteiger partial charge in [-0.1, -0.05) is 83.9 Å². The number of likely N-dealkylation sites (N-methyl/N-ethyl adjacent to an activating group) is 1. The van der Waals surface area contributed by atoms with Crippen molar-refractivity contribution < 1.29 is 0 Å². The summed E-state index contributed by atoms with van der Waals surface area (Å²) in [6.45, 7) is 3.72. The maximum Gasteiger partial charge on any atom is 0.139 e. The van der Waals surface area contributed by atoms with E-state index in [0.29, 0.717) is 10.0 Å². The van der Waals surface area contributed by atoms with Crippen molar-refractivity contribution in [2.75, 3.05) is 38.1 Å². The number of halogens is 2. The van der Waals surface area contributed by atoms with Gasteiger partial charge in [-0.25, -0.2) is 9.97 Å². The molecule has 1 aliphatic heterocycles. The van der Waals surface area contributed by atoms with E-state index in [1.165, 1.54) is 0 Å². The molecule has 0 N–H and O–H groups in total. The highest BCUT2D eigenvalue weighted by Gasteiger charge is 2.26. The topological polar surface area (TPSA) is 32.3 Å². The lowest BCUT2D eigenvalue weighted by molar-refractivity contribution is 0.312. The molecule has 0 spiro atoms. The fourth-order valence-electron chi connectivity index (χ4n) is 5.80. The van der Waals surface area contributed by atoms with E-state index in [9.17, 15) is 0 Å². The van der Waals surface area contributed by atoms with Gasteiger partial charge < -0.3 is 9.80 Å². The summed E-state index contributed by atoms with van der Waals surface area (Å²) in [6, 6.07) is 35.1. The second-order valence-corrected chi connectivity index (χ2v) is 11.5. The molecule has 3 heterocycles. The van der Waals surface area contributed by atoms with Crippen LogP contribution in [-0.2, 0) is 0 Å². The van der Waals surface area contributed by atoms with Crippen molar-refractivity contribution in [2.45, 2.75) is 0 Å². The Morgan fingerprint density at radius 2 is 1.17 bits per heavy atom. The Bertz CT molecular complexity index is 1880. The summed E-state index contributed by atoms with van der Waals surface area (Å²) in [7, 11) is 2.17. The molecule has 0 unspecified atom stereocenters. The Kier molecular flexibility index (Phi) is 6.83. The monoisotopic (exact) mass is 574 g/mol. The van der Waals surface area contributed by atoms with Gasteiger partial charge in [0.15, 0.2) is 0 Å². The number of hydrogen-bond acceptors (Lipinski definition) is 4. The number of benzene rings is 4. The lowest BCUT2D eigenvalue weighted by Gasteiger charge is -2.35. The number of hydrogen-bond donors (Lipinski definition) is 0. The predicted molar refractivity (Wildman–Crippen MR) is 173 cm³/mol. The van der Waals surface area contributed by atoms with Crippen molar-refractivity contribution in [3.63, 3.8) is 0 Å². The molecule has 6 aromatic rings. The summed E-state index contributed by atoms with van der Waals surface area (Å²) in [5.41, 5.74) is 8.09. The number of aromatic nitrogens is 2. The number of rotatable bonds is 4. The smallest absolute Gasteiger partial charge is 0.139 e. The van der Waals surface area contributed by atoms with Crippen molar-refractivity contribution in [1.29, 1.82) is 0 Å². The quantitative estimate of drug-likeness (QED) is 0.210. The van der Waals surface area contributed by atoms with Crippen LogP contribution in [0.1, 0.15) is 0 Å². The predicted octanol–water partition coefficient (Wildman–Crippen LogP) is 8.84. The van der Waals surface area contributed by atoms with Crippen LogP contribution in [0.5, 0.6) is 0 Å². The lowest BCUT2D eigenvalue weighted by atomic mass is 9.91. The Balaban J connectivity index is 1.61. The van der Waals surface area contributed by atoms with Crippen LogP contribution < -0.4 is 4.90 Å². The van der Waals surface area contributed by atoms with Crippen LogP contribution in [0.25, 0.3) is 55.3 Å². The van der Waals surface area contributed by atoms with E-state index in [1.54, 1.807) is 0 Å². The summed E-state index contributed by atoms with van der Waals surface area (Å²) < 4.78 is 0.